The summed E-state index contributed by atoms with van der Waals surface area (Å²) >= 11 is 5.40. The first kappa shape index (κ1) is 19.3. The summed E-state index contributed by atoms with van der Waals surface area (Å²) in [6.07, 6.45) is 1.82. The number of benzene rings is 3. The van der Waals surface area contributed by atoms with Gasteiger partial charge in [0.15, 0.2) is 5.82 Å². The maximum Gasteiger partial charge on any atom is 0.216 e. The molecule has 0 amide bonds. The Bertz CT molecular complexity index is 1470. The molecule has 2 aromatic heterocycles. The minimum Gasteiger partial charge on any atom is -0.497 e. The van der Waals surface area contributed by atoms with Crippen LogP contribution >= 0.6 is 12.2 Å². The molecule has 6 nitrogen and oxygen atoms in total. The molecule has 0 aliphatic carbocycles. The molecule has 0 aliphatic heterocycles. The Morgan fingerprint density at radius 2 is 1.81 bits per heavy atom. The van der Waals surface area contributed by atoms with Gasteiger partial charge >= 0.3 is 0 Å². The molecule has 0 unspecified atom stereocenters. The topological polar surface area (TPSA) is 60.1 Å². The van der Waals surface area contributed by atoms with Gasteiger partial charge in [0.2, 0.25) is 4.77 Å². The number of methoxy groups -OCH3 is 1. The lowest BCUT2D eigenvalue weighted by molar-refractivity contribution is 0.415. The van der Waals surface area contributed by atoms with Crippen molar-refractivity contribution in [3.63, 3.8) is 0 Å². The Kier molecular flexibility index (Phi) is 4.88. The van der Waals surface area contributed by atoms with Crippen LogP contribution in [0.3, 0.4) is 0 Å². The van der Waals surface area contributed by atoms with Gasteiger partial charge in [-0.2, -0.15) is 14.9 Å². The van der Waals surface area contributed by atoms with E-state index in [9.17, 15) is 0 Å². The Morgan fingerprint density at radius 3 is 2.58 bits per heavy atom. The van der Waals surface area contributed by atoms with Crippen molar-refractivity contribution >= 4 is 40.2 Å². The number of aryl methyl sites for hydroxylation is 1. The van der Waals surface area contributed by atoms with Crippen molar-refractivity contribution in [2.24, 2.45) is 5.10 Å². The summed E-state index contributed by atoms with van der Waals surface area (Å²) in [6.45, 7) is 3.09. The SMILES string of the molecule is CCn1c2ccccc2c2cc(/C=N\n3c(-c4ccc(OC)cc4)n[nH]c3=S)ccc21. The van der Waals surface area contributed by atoms with Crippen LogP contribution in [0.1, 0.15) is 12.5 Å². The van der Waals surface area contributed by atoms with E-state index in [-0.39, 0.29) is 0 Å². The van der Waals surface area contributed by atoms with Crippen LogP contribution in [0, 0.1) is 4.77 Å². The predicted molar refractivity (Wildman–Crippen MR) is 128 cm³/mol. The van der Waals surface area contributed by atoms with E-state index in [1.165, 1.54) is 21.8 Å². The fourth-order valence-corrected chi connectivity index (χ4v) is 4.12. The summed E-state index contributed by atoms with van der Waals surface area (Å²) in [5, 5.41) is 14.3. The standard InChI is InChI=1S/C24H21N5OS/c1-3-28-21-7-5-4-6-19(21)20-14-16(8-13-22(20)28)15-25-29-23(26-27-24(29)31)17-9-11-18(30-2)12-10-17/h4-15H,3H2,1-2H3,(H,27,31)/b25-15-. The molecular weight excluding hydrogens is 406 g/mol. The van der Waals surface area contributed by atoms with Crippen molar-refractivity contribution in [2.75, 3.05) is 7.11 Å². The van der Waals surface area contributed by atoms with Gasteiger partial charge in [-0.05, 0) is 67.2 Å². The van der Waals surface area contributed by atoms with Crippen molar-refractivity contribution in [2.45, 2.75) is 13.5 Å². The second kappa shape index (κ2) is 7.85. The van der Waals surface area contributed by atoms with Crippen LogP contribution < -0.4 is 4.74 Å². The van der Waals surface area contributed by atoms with Gasteiger partial charge < -0.3 is 9.30 Å². The van der Waals surface area contributed by atoms with Gasteiger partial charge in [0, 0.05) is 33.9 Å². The first-order valence-electron chi connectivity index (χ1n) is 10.1. The summed E-state index contributed by atoms with van der Waals surface area (Å²) < 4.78 is 9.64. The third-order valence-electron chi connectivity index (χ3n) is 5.43. The lowest BCUT2D eigenvalue weighted by Gasteiger charge is -2.04. The number of nitrogens with one attached hydrogen (secondary N) is 1. The number of hydrogen-bond donors (Lipinski definition) is 1. The number of para-hydroxylation sites is 1. The molecule has 7 heteroatoms. The maximum atomic E-state index is 5.40. The van der Waals surface area contributed by atoms with Crippen LogP contribution in [0.4, 0.5) is 0 Å². The number of hydrogen-bond acceptors (Lipinski definition) is 4. The van der Waals surface area contributed by atoms with Crippen LogP contribution in [-0.4, -0.2) is 32.8 Å². The van der Waals surface area contributed by atoms with Crippen molar-refractivity contribution in [1.29, 1.82) is 0 Å². The third-order valence-corrected chi connectivity index (χ3v) is 5.70. The molecule has 0 radical (unpaired) electrons. The lowest BCUT2D eigenvalue weighted by Crippen LogP contribution is -1.96. The maximum absolute atomic E-state index is 5.40. The highest BCUT2D eigenvalue weighted by Gasteiger charge is 2.10. The van der Waals surface area contributed by atoms with Crippen molar-refractivity contribution in [3.05, 3.63) is 77.1 Å². The molecule has 0 spiro atoms. The Labute approximate surface area is 184 Å². The summed E-state index contributed by atoms with van der Waals surface area (Å²) in [7, 11) is 1.64. The molecule has 2 heterocycles. The molecule has 1 N–H and O–H groups in total. The molecule has 0 bridgehead atoms. The third kappa shape index (κ3) is 3.33. The van der Waals surface area contributed by atoms with Gasteiger partial charge in [0.05, 0.1) is 13.3 Å². The number of aromatic amines is 1. The molecule has 0 saturated heterocycles. The molecule has 0 saturated carbocycles. The van der Waals surface area contributed by atoms with Crippen LogP contribution in [0.25, 0.3) is 33.2 Å². The van der Waals surface area contributed by atoms with Crippen molar-refractivity contribution in [3.8, 4) is 17.1 Å². The smallest absolute Gasteiger partial charge is 0.216 e. The Balaban J connectivity index is 1.56. The zero-order valence-corrected chi connectivity index (χ0v) is 18.1. The number of ether oxygens (including phenoxy) is 1. The number of aromatic nitrogens is 4. The van der Waals surface area contributed by atoms with Crippen LogP contribution in [-0.2, 0) is 6.54 Å². The van der Waals surface area contributed by atoms with E-state index in [4.69, 9.17) is 17.0 Å². The predicted octanol–water partition coefficient (Wildman–Crippen LogP) is 5.63. The minimum atomic E-state index is 0.436. The first-order valence-corrected chi connectivity index (χ1v) is 10.5. The zero-order chi connectivity index (χ0) is 21.4. The zero-order valence-electron chi connectivity index (χ0n) is 17.2. The van der Waals surface area contributed by atoms with Gasteiger partial charge in [-0.25, -0.2) is 5.10 Å². The highest BCUT2D eigenvalue weighted by molar-refractivity contribution is 7.71. The number of H-pyrrole nitrogens is 1. The average molecular weight is 428 g/mol. The van der Waals surface area contributed by atoms with Crippen molar-refractivity contribution in [1.82, 2.24) is 19.4 Å². The second-order valence-electron chi connectivity index (χ2n) is 7.18. The molecule has 0 fully saturated rings. The largest absolute Gasteiger partial charge is 0.497 e. The van der Waals surface area contributed by atoms with E-state index < -0.39 is 0 Å². The monoisotopic (exact) mass is 427 g/mol. The molecule has 154 valence electrons. The molecule has 5 aromatic rings. The number of fused-ring (bicyclic) bond motifs is 3. The molecule has 3 aromatic carbocycles. The van der Waals surface area contributed by atoms with Gasteiger partial charge in [-0.1, -0.05) is 24.3 Å². The van der Waals surface area contributed by atoms with Crippen LogP contribution in [0.15, 0.2) is 71.8 Å². The second-order valence-corrected chi connectivity index (χ2v) is 7.56. The highest BCUT2D eigenvalue weighted by atomic mass is 32.1. The van der Waals surface area contributed by atoms with E-state index in [0.717, 1.165) is 23.4 Å². The van der Waals surface area contributed by atoms with E-state index in [1.54, 1.807) is 11.8 Å². The van der Waals surface area contributed by atoms with E-state index in [1.807, 2.05) is 30.5 Å². The highest BCUT2D eigenvalue weighted by Crippen LogP contribution is 2.29. The van der Waals surface area contributed by atoms with Gasteiger partial charge in [-0.3, -0.25) is 0 Å². The summed E-state index contributed by atoms with van der Waals surface area (Å²) in [6, 6.07) is 22.5. The molecule has 31 heavy (non-hydrogen) atoms. The van der Waals surface area contributed by atoms with E-state index in [0.29, 0.717) is 10.6 Å². The fourth-order valence-electron chi connectivity index (χ4n) is 3.94. The summed E-state index contributed by atoms with van der Waals surface area (Å²) in [4.78, 5) is 0. The quantitative estimate of drug-likeness (QED) is 0.292. The van der Waals surface area contributed by atoms with Gasteiger partial charge in [0.1, 0.15) is 5.75 Å². The number of nitrogens with zero attached hydrogens (tertiary/aromatic N) is 4. The van der Waals surface area contributed by atoms with E-state index in [2.05, 4.69) is 69.3 Å². The molecule has 0 atom stereocenters. The van der Waals surface area contributed by atoms with Crippen LogP contribution in [0.2, 0.25) is 0 Å². The molecule has 0 aliphatic rings. The average Bonchev–Trinajstić information content (AvgIpc) is 3.34. The van der Waals surface area contributed by atoms with Crippen LogP contribution in [0.5, 0.6) is 5.75 Å². The van der Waals surface area contributed by atoms with Gasteiger partial charge in [-0.15, -0.1) is 0 Å². The lowest BCUT2D eigenvalue weighted by atomic mass is 10.1. The Hall–Kier alpha value is -3.71. The van der Waals surface area contributed by atoms with Crippen molar-refractivity contribution < 1.29 is 4.74 Å². The normalized spacial score (nSPS) is 11.7. The number of rotatable bonds is 5. The first-order chi connectivity index (χ1) is 15.2. The summed E-state index contributed by atoms with van der Waals surface area (Å²) in [5.74, 6) is 1.43. The molecule has 5 rings (SSSR count). The summed E-state index contributed by atoms with van der Waals surface area (Å²) in [5.41, 5.74) is 4.36. The minimum absolute atomic E-state index is 0.436. The fraction of sp³-hybridized carbons (Fsp3) is 0.125. The van der Waals surface area contributed by atoms with Gasteiger partial charge in [0.25, 0.3) is 0 Å². The Morgan fingerprint density at radius 1 is 1.03 bits per heavy atom. The van der Waals surface area contributed by atoms with E-state index >= 15 is 0 Å². The molecular formula is C24H21N5OS.